The van der Waals surface area contributed by atoms with Crippen molar-refractivity contribution in [3.63, 3.8) is 0 Å². The number of carbonyl (C=O) groups is 1. The second kappa shape index (κ2) is 3.48. The molecule has 0 saturated heterocycles. The quantitative estimate of drug-likeness (QED) is 0.797. The first kappa shape index (κ1) is 10.1. The van der Waals surface area contributed by atoms with Crippen LogP contribution in [0.2, 0.25) is 0 Å². The van der Waals surface area contributed by atoms with E-state index in [9.17, 15) is 9.59 Å². The number of para-hydroxylation sites is 1. The van der Waals surface area contributed by atoms with Gasteiger partial charge in [0, 0.05) is 6.04 Å². The Morgan fingerprint density at radius 1 is 1.47 bits per heavy atom. The van der Waals surface area contributed by atoms with E-state index >= 15 is 0 Å². The molecule has 3 rings (SSSR count). The number of hydrogen-bond donors (Lipinski definition) is 1. The molecule has 1 heterocycles. The number of esters is 1. The summed E-state index contributed by atoms with van der Waals surface area (Å²) in [6.45, 7) is 0. The number of aromatic nitrogens is 2. The molecule has 1 saturated carbocycles. The number of hydrogen-bond acceptors (Lipinski definition) is 3. The highest BCUT2D eigenvalue weighted by Gasteiger charge is 2.28. The van der Waals surface area contributed by atoms with Crippen LogP contribution in [0.25, 0.3) is 11.0 Å². The van der Waals surface area contributed by atoms with E-state index in [2.05, 4.69) is 4.98 Å². The number of nitrogens with zero attached hydrogens (tertiary/aromatic N) is 1. The Morgan fingerprint density at radius 3 is 2.88 bits per heavy atom. The maximum atomic E-state index is 11.8. The molecule has 0 atom stereocenters. The maximum Gasteiger partial charge on any atom is 0.340 e. The smallest absolute Gasteiger partial charge is 0.340 e. The summed E-state index contributed by atoms with van der Waals surface area (Å²) in [5, 5.41) is 0. The van der Waals surface area contributed by atoms with Gasteiger partial charge in [0.2, 0.25) is 0 Å². The fourth-order valence-electron chi connectivity index (χ4n) is 2.12. The molecule has 0 aliphatic heterocycles. The summed E-state index contributed by atoms with van der Waals surface area (Å²) >= 11 is 0. The van der Waals surface area contributed by atoms with Crippen molar-refractivity contribution in [3.05, 3.63) is 34.2 Å². The third kappa shape index (κ3) is 1.46. The van der Waals surface area contributed by atoms with Gasteiger partial charge < -0.3 is 9.72 Å². The van der Waals surface area contributed by atoms with Crippen LogP contribution in [-0.2, 0) is 4.74 Å². The first-order valence-electron chi connectivity index (χ1n) is 5.54. The monoisotopic (exact) mass is 232 g/mol. The lowest BCUT2D eigenvalue weighted by molar-refractivity contribution is 0.0603. The molecule has 2 aromatic rings. The minimum atomic E-state index is -0.431. The number of fused-ring (bicyclic) bond motifs is 1. The third-order valence-electron chi connectivity index (χ3n) is 3.07. The van der Waals surface area contributed by atoms with E-state index in [0.717, 1.165) is 18.4 Å². The topological polar surface area (TPSA) is 64.1 Å². The van der Waals surface area contributed by atoms with Crippen LogP contribution in [0.4, 0.5) is 0 Å². The van der Waals surface area contributed by atoms with Crippen molar-refractivity contribution in [1.82, 2.24) is 9.55 Å². The Hall–Kier alpha value is -2.04. The lowest BCUT2D eigenvalue weighted by Crippen LogP contribution is -2.14. The Labute approximate surface area is 97.0 Å². The van der Waals surface area contributed by atoms with E-state index in [1.807, 2.05) is 6.07 Å². The number of H-pyrrole nitrogens is 1. The molecule has 1 aromatic carbocycles. The maximum absolute atomic E-state index is 11.8. The molecule has 0 spiro atoms. The minimum absolute atomic E-state index is 0.154. The van der Waals surface area contributed by atoms with Gasteiger partial charge in [-0.3, -0.25) is 4.57 Å². The molecule has 1 aliphatic carbocycles. The SMILES string of the molecule is COC(=O)c1cccc2c1[nH]c(=O)n2C1CC1. The summed E-state index contributed by atoms with van der Waals surface area (Å²) < 4.78 is 6.42. The lowest BCUT2D eigenvalue weighted by atomic mass is 10.2. The number of methoxy groups -OCH3 is 1. The molecular weight excluding hydrogens is 220 g/mol. The normalized spacial score (nSPS) is 15.1. The second-order valence-corrected chi connectivity index (χ2v) is 4.22. The number of rotatable bonds is 2. The average molecular weight is 232 g/mol. The molecule has 0 bridgehead atoms. The zero-order valence-corrected chi connectivity index (χ0v) is 9.40. The zero-order valence-electron chi connectivity index (χ0n) is 9.40. The zero-order chi connectivity index (χ0) is 12.0. The van der Waals surface area contributed by atoms with E-state index in [0.29, 0.717) is 11.1 Å². The molecule has 1 fully saturated rings. The Morgan fingerprint density at radius 2 is 2.24 bits per heavy atom. The molecule has 0 radical (unpaired) electrons. The van der Waals surface area contributed by atoms with Crippen LogP contribution in [0.1, 0.15) is 29.2 Å². The fourth-order valence-corrected chi connectivity index (χ4v) is 2.12. The summed E-state index contributed by atoms with van der Waals surface area (Å²) in [6, 6.07) is 5.55. The molecule has 5 heteroatoms. The van der Waals surface area contributed by atoms with Gasteiger partial charge in [-0.25, -0.2) is 9.59 Å². The van der Waals surface area contributed by atoms with E-state index in [1.54, 1.807) is 16.7 Å². The number of imidazole rings is 1. The van der Waals surface area contributed by atoms with E-state index in [4.69, 9.17) is 4.74 Å². The van der Waals surface area contributed by atoms with Crippen LogP contribution < -0.4 is 5.69 Å². The Bertz CT molecular complexity index is 649. The highest BCUT2D eigenvalue weighted by atomic mass is 16.5. The predicted molar refractivity (Wildman–Crippen MR) is 62.2 cm³/mol. The number of ether oxygens (including phenoxy) is 1. The highest BCUT2D eigenvalue weighted by Crippen LogP contribution is 2.36. The minimum Gasteiger partial charge on any atom is -0.465 e. The highest BCUT2D eigenvalue weighted by molar-refractivity contribution is 6.01. The van der Waals surface area contributed by atoms with Gasteiger partial charge in [-0.05, 0) is 25.0 Å². The van der Waals surface area contributed by atoms with Gasteiger partial charge in [0.05, 0.1) is 23.7 Å². The number of nitrogens with one attached hydrogen (secondary N) is 1. The van der Waals surface area contributed by atoms with E-state index < -0.39 is 5.97 Å². The van der Waals surface area contributed by atoms with E-state index in [1.165, 1.54) is 7.11 Å². The predicted octanol–water partition coefficient (Wildman–Crippen LogP) is 1.45. The molecule has 1 aromatic heterocycles. The van der Waals surface area contributed by atoms with Crippen molar-refractivity contribution in [3.8, 4) is 0 Å². The first-order valence-corrected chi connectivity index (χ1v) is 5.54. The standard InChI is InChI=1S/C12H12N2O3/c1-17-11(15)8-3-2-4-9-10(8)13-12(16)14(9)7-5-6-7/h2-4,7H,5-6H2,1H3,(H,13,16). The molecule has 1 N–H and O–H groups in total. The number of aromatic amines is 1. The van der Waals surface area contributed by atoms with Gasteiger partial charge in [-0.2, -0.15) is 0 Å². The van der Waals surface area contributed by atoms with Gasteiger partial charge in [-0.15, -0.1) is 0 Å². The van der Waals surface area contributed by atoms with Crippen molar-refractivity contribution in [1.29, 1.82) is 0 Å². The Balaban J connectivity index is 2.30. The molecule has 0 amide bonds. The van der Waals surface area contributed by atoms with Gasteiger partial charge in [0.25, 0.3) is 0 Å². The van der Waals surface area contributed by atoms with Crippen LogP contribution in [-0.4, -0.2) is 22.6 Å². The number of benzene rings is 1. The molecular formula is C12H12N2O3. The van der Waals surface area contributed by atoms with Crippen molar-refractivity contribution in [2.24, 2.45) is 0 Å². The summed E-state index contributed by atoms with van der Waals surface area (Å²) in [6.07, 6.45) is 2.05. The van der Waals surface area contributed by atoms with Crippen LogP contribution in [0.5, 0.6) is 0 Å². The largest absolute Gasteiger partial charge is 0.465 e. The lowest BCUT2D eigenvalue weighted by Gasteiger charge is -2.02. The summed E-state index contributed by atoms with van der Waals surface area (Å²) in [4.78, 5) is 26.2. The van der Waals surface area contributed by atoms with Gasteiger partial charge in [-0.1, -0.05) is 6.07 Å². The third-order valence-corrected chi connectivity index (χ3v) is 3.07. The van der Waals surface area contributed by atoms with Crippen molar-refractivity contribution in [2.75, 3.05) is 7.11 Å². The molecule has 5 nitrogen and oxygen atoms in total. The first-order chi connectivity index (χ1) is 8.22. The molecule has 0 unspecified atom stereocenters. The van der Waals surface area contributed by atoms with Crippen LogP contribution in [0.15, 0.2) is 23.0 Å². The molecule has 1 aliphatic rings. The van der Waals surface area contributed by atoms with Crippen molar-refractivity contribution < 1.29 is 9.53 Å². The van der Waals surface area contributed by atoms with Crippen molar-refractivity contribution >= 4 is 17.0 Å². The fraction of sp³-hybridized carbons (Fsp3) is 0.333. The van der Waals surface area contributed by atoms with Gasteiger partial charge in [0.15, 0.2) is 0 Å². The number of carbonyl (C=O) groups excluding carboxylic acids is 1. The van der Waals surface area contributed by atoms with Gasteiger partial charge in [0.1, 0.15) is 0 Å². The van der Waals surface area contributed by atoms with Crippen LogP contribution in [0, 0.1) is 0 Å². The molecule has 88 valence electrons. The summed E-state index contributed by atoms with van der Waals surface area (Å²) in [5.74, 6) is -0.431. The summed E-state index contributed by atoms with van der Waals surface area (Å²) in [7, 11) is 1.33. The van der Waals surface area contributed by atoms with Crippen LogP contribution >= 0.6 is 0 Å². The van der Waals surface area contributed by atoms with Crippen LogP contribution in [0.3, 0.4) is 0 Å². The average Bonchev–Trinajstić information content (AvgIpc) is 3.10. The Kier molecular flexibility index (Phi) is 2.07. The second-order valence-electron chi connectivity index (χ2n) is 4.22. The summed E-state index contributed by atoms with van der Waals surface area (Å²) in [5.41, 5.74) is 1.59. The van der Waals surface area contributed by atoms with Gasteiger partial charge >= 0.3 is 11.7 Å². The van der Waals surface area contributed by atoms with E-state index in [-0.39, 0.29) is 11.7 Å². The van der Waals surface area contributed by atoms with Crippen molar-refractivity contribution in [2.45, 2.75) is 18.9 Å². The molecule has 17 heavy (non-hydrogen) atoms.